The number of nitrogens with zero attached hydrogens (tertiary/aromatic N) is 2. The normalized spacial score (nSPS) is 24.7. The van der Waals surface area contributed by atoms with E-state index in [-0.39, 0.29) is 17.6 Å². The quantitative estimate of drug-likeness (QED) is 0.812. The molecule has 0 spiro atoms. The molecule has 0 bridgehead atoms. The van der Waals surface area contributed by atoms with Crippen LogP contribution in [0.25, 0.3) is 0 Å². The zero-order chi connectivity index (χ0) is 13.9. The molecule has 5 nitrogen and oxygen atoms in total. The lowest BCUT2D eigenvalue weighted by Crippen LogP contribution is -2.30. The fourth-order valence-corrected chi connectivity index (χ4v) is 3.73. The first-order valence-corrected chi connectivity index (χ1v) is 8.07. The van der Waals surface area contributed by atoms with E-state index in [1.54, 1.807) is 24.5 Å². The molecule has 2 heterocycles. The Kier molecular flexibility index (Phi) is 4.54. The number of pyridine rings is 1. The summed E-state index contributed by atoms with van der Waals surface area (Å²) in [6.45, 7) is 3.25. The highest BCUT2D eigenvalue weighted by Gasteiger charge is 2.39. The molecule has 0 amide bonds. The van der Waals surface area contributed by atoms with Gasteiger partial charge in [-0.15, -0.1) is 0 Å². The van der Waals surface area contributed by atoms with Crippen LogP contribution in [0.1, 0.15) is 18.5 Å². The fourth-order valence-electron chi connectivity index (χ4n) is 2.55. The molecular weight excluding hydrogens is 264 g/mol. The van der Waals surface area contributed by atoms with E-state index in [1.165, 1.54) is 0 Å². The summed E-state index contributed by atoms with van der Waals surface area (Å²) < 4.78 is 30.8. The van der Waals surface area contributed by atoms with Gasteiger partial charge >= 0.3 is 0 Å². The van der Waals surface area contributed by atoms with Crippen LogP contribution in [0, 0.1) is 5.92 Å². The zero-order valence-corrected chi connectivity index (χ0v) is 12.1. The zero-order valence-electron chi connectivity index (χ0n) is 11.3. The maximum Gasteiger partial charge on any atom is 0.213 e. The van der Waals surface area contributed by atoms with Crippen molar-refractivity contribution in [2.45, 2.75) is 12.8 Å². The molecule has 0 saturated carbocycles. The lowest BCUT2D eigenvalue weighted by molar-refractivity contribution is 0.150. The van der Waals surface area contributed by atoms with Gasteiger partial charge in [0.25, 0.3) is 0 Å². The molecule has 1 aliphatic heterocycles. The van der Waals surface area contributed by atoms with E-state index in [9.17, 15) is 8.42 Å². The van der Waals surface area contributed by atoms with Gasteiger partial charge in [-0.05, 0) is 19.1 Å². The molecule has 6 heteroatoms. The molecule has 0 aromatic carbocycles. The van der Waals surface area contributed by atoms with Crippen LogP contribution in [0.15, 0.2) is 24.4 Å². The van der Waals surface area contributed by atoms with Gasteiger partial charge in [0.15, 0.2) is 0 Å². The molecule has 19 heavy (non-hydrogen) atoms. The van der Waals surface area contributed by atoms with Gasteiger partial charge < -0.3 is 4.74 Å². The molecule has 2 atom stereocenters. The predicted octanol–water partition coefficient (Wildman–Crippen LogP) is 1.09. The van der Waals surface area contributed by atoms with Crippen LogP contribution in [0.3, 0.4) is 0 Å². The first kappa shape index (κ1) is 14.4. The summed E-state index contributed by atoms with van der Waals surface area (Å²) in [5.41, 5.74) is 0.943. The average Bonchev–Trinajstić information content (AvgIpc) is 2.85. The summed E-state index contributed by atoms with van der Waals surface area (Å²) >= 11 is 0. The number of hydrogen-bond donors (Lipinski definition) is 0. The highest BCUT2D eigenvalue weighted by atomic mass is 32.2. The Balaban J connectivity index is 2.22. The third-order valence-corrected chi connectivity index (χ3v) is 5.43. The Morgan fingerprint density at radius 3 is 2.79 bits per heavy atom. The second-order valence-electron chi connectivity index (χ2n) is 4.79. The summed E-state index contributed by atoms with van der Waals surface area (Å²) in [7, 11) is -1.49. The third kappa shape index (κ3) is 3.13. The maximum atomic E-state index is 12.0. The SMILES string of the molecule is CCS(=O)(=O)N1C[C@@H](COC)[C@H](c2ccccn2)C1. The van der Waals surface area contributed by atoms with Crippen LogP contribution in [0.2, 0.25) is 0 Å². The topological polar surface area (TPSA) is 59.5 Å². The lowest BCUT2D eigenvalue weighted by Gasteiger charge is -2.16. The van der Waals surface area contributed by atoms with Crippen LogP contribution < -0.4 is 0 Å². The smallest absolute Gasteiger partial charge is 0.213 e. The van der Waals surface area contributed by atoms with Crippen LogP contribution in [0.4, 0.5) is 0 Å². The van der Waals surface area contributed by atoms with E-state index in [1.807, 2.05) is 18.2 Å². The third-order valence-electron chi connectivity index (χ3n) is 3.61. The largest absolute Gasteiger partial charge is 0.384 e. The molecule has 0 radical (unpaired) electrons. The number of sulfonamides is 1. The first-order chi connectivity index (χ1) is 9.08. The van der Waals surface area contributed by atoms with Gasteiger partial charge in [-0.1, -0.05) is 6.07 Å². The van der Waals surface area contributed by atoms with Gasteiger partial charge in [-0.25, -0.2) is 12.7 Å². The number of methoxy groups -OCH3 is 1. The number of aromatic nitrogens is 1. The van der Waals surface area contributed by atoms with Crippen LogP contribution in [-0.2, 0) is 14.8 Å². The molecule has 0 unspecified atom stereocenters. The van der Waals surface area contributed by atoms with E-state index in [2.05, 4.69) is 4.98 Å². The van der Waals surface area contributed by atoms with Crippen molar-refractivity contribution in [3.05, 3.63) is 30.1 Å². The van der Waals surface area contributed by atoms with Crippen molar-refractivity contribution in [3.8, 4) is 0 Å². The maximum absolute atomic E-state index is 12.0. The van der Waals surface area contributed by atoms with Crippen LogP contribution in [-0.4, -0.2) is 50.3 Å². The average molecular weight is 284 g/mol. The first-order valence-electron chi connectivity index (χ1n) is 6.46. The minimum Gasteiger partial charge on any atom is -0.384 e. The van der Waals surface area contributed by atoms with Crippen molar-refractivity contribution in [1.82, 2.24) is 9.29 Å². The van der Waals surface area contributed by atoms with Crippen molar-refractivity contribution in [2.75, 3.05) is 32.6 Å². The van der Waals surface area contributed by atoms with Gasteiger partial charge in [0.1, 0.15) is 0 Å². The summed E-state index contributed by atoms with van der Waals surface area (Å²) in [5, 5.41) is 0. The lowest BCUT2D eigenvalue weighted by atomic mass is 9.93. The van der Waals surface area contributed by atoms with Gasteiger partial charge in [0.2, 0.25) is 10.0 Å². The molecule has 1 aliphatic rings. The molecule has 1 fully saturated rings. The highest BCUT2D eigenvalue weighted by Crippen LogP contribution is 2.33. The standard InChI is InChI=1S/C13H20N2O3S/c1-3-19(16,17)15-8-11(10-18-2)12(9-15)13-6-4-5-7-14-13/h4-7,11-12H,3,8-10H2,1-2H3/t11-,12+/m0/s1. The van der Waals surface area contributed by atoms with Crippen molar-refractivity contribution < 1.29 is 13.2 Å². The Morgan fingerprint density at radius 1 is 1.42 bits per heavy atom. The molecule has 106 valence electrons. The van der Waals surface area contributed by atoms with Crippen molar-refractivity contribution in [3.63, 3.8) is 0 Å². The number of rotatable bonds is 5. The Hall–Kier alpha value is -0.980. The van der Waals surface area contributed by atoms with Gasteiger partial charge in [-0.3, -0.25) is 4.98 Å². The van der Waals surface area contributed by atoms with E-state index in [0.29, 0.717) is 19.7 Å². The van der Waals surface area contributed by atoms with Crippen LogP contribution >= 0.6 is 0 Å². The predicted molar refractivity (Wildman–Crippen MR) is 73.4 cm³/mol. The van der Waals surface area contributed by atoms with Crippen molar-refractivity contribution in [1.29, 1.82) is 0 Å². The van der Waals surface area contributed by atoms with E-state index >= 15 is 0 Å². The minimum absolute atomic E-state index is 0.113. The Morgan fingerprint density at radius 2 is 2.21 bits per heavy atom. The summed E-state index contributed by atoms with van der Waals surface area (Å²) in [4.78, 5) is 4.36. The summed E-state index contributed by atoms with van der Waals surface area (Å²) in [6, 6.07) is 5.75. The van der Waals surface area contributed by atoms with Gasteiger partial charge in [0.05, 0.1) is 12.4 Å². The van der Waals surface area contributed by atoms with Crippen molar-refractivity contribution >= 4 is 10.0 Å². The Labute approximate surface area is 114 Å². The summed E-state index contributed by atoms with van der Waals surface area (Å²) in [5.74, 6) is 0.422. The van der Waals surface area contributed by atoms with Gasteiger partial charge in [0, 0.05) is 43.9 Å². The summed E-state index contributed by atoms with van der Waals surface area (Å²) in [6.07, 6.45) is 1.75. The van der Waals surface area contributed by atoms with Crippen LogP contribution in [0.5, 0.6) is 0 Å². The monoisotopic (exact) mass is 284 g/mol. The van der Waals surface area contributed by atoms with Gasteiger partial charge in [-0.2, -0.15) is 0 Å². The van der Waals surface area contributed by atoms with E-state index in [0.717, 1.165) is 5.69 Å². The highest BCUT2D eigenvalue weighted by molar-refractivity contribution is 7.89. The second-order valence-corrected chi connectivity index (χ2v) is 7.05. The number of hydrogen-bond acceptors (Lipinski definition) is 4. The van der Waals surface area contributed by atoms with Crippen molar-refractivity contribution in [2.24, 2.45) is 5.92 Å². The molecule has 0 aliphatic carbocycles. The van der Waals surface area contributed by atoms with E-state index < -0.39 is 10.0 Å². The molecule has 1 saturated heterocycles. The second kappa shape index (κ2) is 5.98. The molecule has 0 N–H and O–H groups in total. The molecular formula is C13H20N2O3S. The minimum atomic E-state index is -3.14. The fraction of sp³-hybridized carbons (Fsp3) is 0.615. The number of ether oxygens (including phenoxy) is 1. The molecule has 1 aromatic heterocycles. The molecule has 1 aromatic rings. The molecule has 2 rings (SSSR count). The Bertz CT molecular complexity index is 504. The van der Waals surface area contributed by atoms with E-state index in [4.69, 9.17) is 4.74 Å².